The monoisotopic (exact) mass is 435 g/mol. The molecule has 5 nitrogen and oxygen atoms in total. The van der Waals surface area contributed by atoms with Crippen LogP contribution < -0.4 is 10.6 Å². The predicted molar refractivity (Wildman–Crippen MR) is 105 cm³/mol. The highest BCUT2D eigenvalue weighted by molar-refractivity contribution is 14.0. The molecule has 0 bridgehead atoms. The van der Waals surface area contributed by atoms with Gasteiger partial charge in [-0.15, -0.1) is 24.0 Å². The molecular formula is C17H30IN3O2. The van der Waals surface area contributed by atoms with Crippen LogP contribution in [0.4, 0.5) is 0 Å². The SMILES string of the molecule is CCNC(=NCCCC1CCCCO1)NCCc1ccco1.I. The van der Waals surface area contributed by atoms with E-state index in [0.717, 1.165) is 57.2 Å². The summed E-state index contributed by atoms with van der Waals surface area (Å²) < 4.78 is 11.1. The average molecular weight is 435 g/mol. The Bertz CT molecular complexity index is 417. The van der Waals surface area contributed by atoms with Crippen molar-refractivity contribution >= 4 is 29.9 Å². The minimum absolute atomic E-state index is 0. The summed E-state index contributed by atoms with van der Waals surface area (Å²) in [6, 6.07) is 3.91. The van der Waals surface area contributed by atoms with Crippen LogP contribution in [-0.4, -0.2) is 38.3 Å². The van der Waals surface area contributed by atoms with Crippen molar-refractivity contribution in [3.63, 3.8) is 0 Å². The van der Waals surface area contributed by atoms with E-state index in [9.17, 15) is 0 Å². The largest absolute Gasteiger partial charge is 0.469 e. The van der Waals surface area contributed by atoms with Gasteiger partial charge in [-0.1, -0.05) is 0 Å². The molecule has 2 rings (SSSR count). The number of rotatable bonds is 8. The first-order chi connectivity index (χ1) is 10.9. The Kier molecular flexibility index (Phi) is 11.1. The molecule has 132 valence electrons. The van der Waals surface area contributed by atoms with Crippen LogP contribution in [0.3, 0.4) is 0 Å². The van der Waals surface area contributed by atoms with Gasteiger partial charge in [0.1, 0.15) is 5.76 Å². The first-order valence-corrected chi connectivity index (χ1v) is 8.54. The van der Waals surface area contributed by atoms with E-state index in [1.54, 1.807) is 6.26 Å². The van der Waals surface area contributed by atoms with Crippen molar-refractivity contribution in [1.29, 1.82) is 0 Å². The summed E-state index contributed by atoms with van der Waals surface area (Å²) in [7, 11) is 0. The number of aliphatic imine (C=N–C) groups is 1. The summed E-state index contributed by atoms with van der Waals surface area (Å²) >= 11 is 0. The first-order valence-electron chi connectivity index (χ1n) is 8.54. The Morgan fingerprint density at radius 3 is 2.96 bits per heavy atom. The maximum Gasteiger partial charge on any atom is 0.191 e. The molecule has 0 spiro atoms. The third kappa shape index (κ3) is 8.60. The maximum atomic E-state index is 5.75. The van der Waals surface area contributed by atoms with Crippen LogP contribution in [0.1, 0.15) is 44.8 Å². The summed E-state index contributed by atoms with van der Waals surface area (Å²) in [5.41, 5.74) is 0. The number of ether oxygens (including phenoxy) is 1. The van der Waals surface area contributed by atoms with Crippen molar-refractivity contribution in [1.82, 2.24) is 10.6 Å². The second-order valence-corrected chi connectivity index (χ2v) is 5.65. The number of halogens is 1. The van der Waals surface area contributed by atoms with Gasteiger partial charge in [-0.3, -0.25) is 4.99 Å². The molecule has 1 aromatic heterocycles. The zero-order valence-corrected chi connectivity index (χ0v) is 16.4. The lowest BCUT2D eigenvalue weighted by atomic mass is 10.1. The minimum atomic E-state index is 0. The molecular weight excluding hydrogens is 405 g/mol. The summed E-state index contributed by atoms with van der Waals surface area (Å²) in [6.07, 6.45) is 8.98. The highest BCUT2D eigenvalue weighted by Crippen LogP contribution is 2.16. The van der Waals surface area contributed by atoms with Crippen LogP contribution in [0.25, 0.3) is 0 Å². The van der Waals surface area contributed by atoms with Gasteiger partial charge in [-0.05, 0) is 51.2 Å². The molecule has 1 saturated heterocycles. The van der Waals surface area contributed by atoms with Crippen LogP contribution in [0.2, 0.25) is 0 Å². The van der Waals surface area contributed by atoms with Crippen LogP contribution in [0.15, 0.2) is 27.8 Å². The fourth-order valence-corrected chi connectivity index (χ4v) is 2.65. The van der Waals surface area contributed by atoms with Gasteiger partial charge in [0.2, 0.25) is 0 Å². The molecule has 1 aromatic rings. The molecule has 1 aliphatic heterocycles. The quantitative estimate of drug-likeness (QED) is 0.285. The van der Waals surface area contributed by atoms with Gasteiger partial charge < -0.3 is 19.8 Å². The van der Waals surface area contributed by atoms with E-state index in [1.165, 1.54) is 19.3 Å². The number of furan rings is 1. The van der Waals surface area contributed by atoms with Gasteiger partial charge in [-0.2, -0.15) is 0 Å². The van der Waals surface area contributed by atoms with Gasteiger partial charge in [0.25, 0.3) is 0 Å². The van der Waals surface area contributed by atoms with Gasteiger partial charge in [0.05, 0.1) is 12.4 Å². The smallest absolute Gasteiger partial charge is 0.191 e. The molecule has 0 saturated carbocycles. The third-order valence-corrected chi connectivity index (χ3v) is 3.82. The Morgan fingerprint density at radius 1 is 1.35 bits per heavy atom. The topological polar surface area (TPSA) is 58.8 Å². The molecule has 1 fully saturated rings. The average Bonchev–Trinajstić information content (AvgIpc) is 3.06. The Labute approximate surface area is 156 Å². The number of hydrogen-bond donors (Lipinski definition) is 2. The van der Waals surface area contributed by atoms with Crippen molar-refractivity contribution in [2.45, 2.75) is 51.6 Å². The summed E-state index contributed by atoms with van der Waals surface area (Å²) in [5, 5.41) is 6.62. The van der Waals surface area contributed by atoms with E-state index < -0.39 is 0 Å². The van der Waals surface area contributed by atoms with Crippen LogP contribution in [0.5, 0.6) is 0 Å². The van der Waals surface area contributed by atoms with E-state index in [1.807, 2.05) is 12.1 Å². The van der Waals surface area contributed by atoms with Crippen LogP contribution in [-0.2, 0) is 11.2 Å². The van der Waals surface area contributed by atoms with Gasteiger partial charge in [-0.25, -0.2) is 0 Å². The second kappa shape index (κ2) is 12.6. The van der Waals surface area contributed by atoms with Crippen molar-refractivity contribution in [3.8, 4) is 0 Å². The summed E-state index contributed by atoms with van der Waals surface area (Å²) in [4.78, 5) is 4.62. The Hall–Kier alpha value is -0.760. The van der Waals surface area contributed by atoms with E-state index in [-0.39, 0.29) is 24.0 Å². The number of guanidine groups is 1. The molecule has 1 atom stereocenters. The number of nitrogens with zero attached hydrogens (tertiary/aromatic N) is 1. The molecule has 0 aromatic carbocycles. The molecule has 0 aliphatic carbocycles. The van der Waals surface area contributed by atoms with E-state index in [4.69, 9.17) is 9.15 Å². The van der Waals surface area contributed by atoms with Crippen molar-refractivity contribution < 1.29 is 9.15 Å². The Morgan fingerprint density at radius 2 is 2.26 bits per heavy atom. The van der Waals surface area contributed by atoms with E-state index in [0.29, 0.717) is 6.10 Å². The van der Waals surface area contributed by atoms with Crippen LogP contribution in [0, 0.1) is 0 Å². The fourth-order valence-electron chi connectivity index (χ4n) is 2.65. The molecule has 2 N–H and O–H groups in total. The zero-order chi connectivity index (χ0) is 15.5. The second-order valence-electron chi connectivity index (χ2n) is 5.65. The summed E-state index contributed by atoms with van der Waals surface area (Å²) in [6.45, 7) is 5.56. The minimum Gasteiger partial charge on any atom is -0.469 e. The zero-order valence-electron chi connectivity index (χ0n) is 14.1. The van der Waals surface area contributed by atoms with Gasteiger partial charge in [0, 0.05) is 32.7 Å². The molecule has 0 radical (unpaired) electrons. The molecule has 0 amide bonds. The lowest BCUT2D eigenvalue weighted by molar-refractivity contribution is 0.0105. The third-order valence-electron chi connectivity index (χ3n) is 3.82. The van der Waals surface area contributed by atoms with Crippen molar-refractivity contribution in [2.75, 3.05) is 26.2 Å². The normalized spacial score (nSPS) is 18.3. The molecule has 6 heteroatoms. The maximum absolute atomic E-state index is 5.75. The van der Waals surface area contributed by atoms with E-state index in [2.05, 4.69) is 22.5 Å². The molecule has 1 unspecified atom stereocenters. The van der Waals surface area contributed by atoms with Crippen molar-refractivity contribution in [3.05, 3.63) is 24.2 Å². The highest BCUT2D eigenvalue weighted by Gasteiger charge is 2.12. The fraction of sp³-hybridized carbons (Fsp3) is 0.706. The van der Waals surface area contributed by atoms with Gasteiger partial charge in [0.15, 0.2) is 5.96 Å². The predicted octanol–water partition coefficient (Wildman–Crippen LogP) is 3.34. The standard InChI is InChI=1S/C17H29N3O2.HI/c1-2-18-17(20-12-10-16-9-6-14-22-16)19-11-5-8-15-7-3-4-13-21-15;/h6,9,14-15H,2-5,7-8,10-13H2,1H3,(H2,18,19,20);1H. The van der Waals surface area contributed by atoms with Crippen LogP contribution >= 0.6 is 24.0 Å². The summed E-state index contributed by atoms with van der Waals surface area (Å²) in [5.74, 6) is 1.89. The van der Waals surface area contributed by atoms with Gasteiger partial charge >= 0.3 is 0 Å². The molecule has 23 heavy (non-hydrogen) atoms. The highest BCUT2D eigenvalue weighted by atomic mass is 127. The lowest BCUT2D eigenvalue weighted by Crippen LogP contribution is -2.38. The number of hydrogen-bond acceptors (Lipinski definition) is 3. The molecule has 1 aliphatic rings. The number of nitrogens with one attached hydrogen (secondary N) is 2. The molecule has 2 heterocycles. The van der Waals surface area contributed by atoms with E-state index >= 15 is 0 Å². The Balaban J connectivity index is 0.00000264. The van der Waals surface area contributed by atoms with Crippen molar-refractivity contribution in [2.24, 2.45) is 4.99 Å². The lowest BCUT2D eigenvalue weighted by Gasteiger charge is -2.22. The first kappa shape index (κ1) is 20.3.